The Morgan fingerprint density at radius 1 is 0.947 bits per heavy atom. The highest BCUT2D eigenvalue weighted by Crippen LogP contribution is 2.53. The van der Waals surface area contributed by atoms with Crippen LogP contribution in [-0.2, 0) is 5.41 Å². The Hall–Kier alpha value is -4.71. The molecule has 0 aliphatic heterocycles. The molecule has 1 aliphatic rings. The van der Waals surface area contributed by atoms with Crippen molar-refractivity contribution in [2.75, 3.05) is 4.90 Å². The van der Waals surface area contributed by atoms with Crippen molar-refractivity contribution in [1.82, 2.24) is 4.98 Å². The summed E-state index contributed by atoms with van der Waals surface area (Å²) in [6.45, 7) is 13.7. The maximum Gasteiger partial charge on any atom is 0.263 e. The van der Waals surface area contributed by atoms with Crippen LogP contribution in [0.3, 0.4) is 0 Å². The van der Waals surface area contributed by atoms with Crippen molar-refractivity contribution in [3.63, 3.8) is 0 Å². The van der Waals surface area contributed by atoms with Gasteiger partial charge in [-0.25, -0.2) is 10.1 Å². The van der Waals surface area contributed by atoms with Gasteiger partial charge in [0.05, 0.1) is 35.1 Å². The van der Waals surface area contributed by atoms with E-state index < -0.39 is 0 Å². The Labute approximate surface area is 226 Å². The highest BCUT2D eigenvalue weighted by atomic mass is 32.1. The second kappa shape index (κ2) is 8.99. The Kier molecular flexibility index (Phi) is 5.60. The number of hydrogen-bond donors (Lipinski definition) is 0. The molecule has 0 spiro atoms. The van der Waals surface area contributed by atoms with Gasteiger partial charge in [0.25, 0.3) is 5.70 Å². The number of allylic oxidation sites excluding steroid dienone is 1. The summed E-state index contributed by atoms with van der Waals surface area (Å²) in [5, 5.41) is 11.6. The summed E-state index contributed by atoms with van der Waals surface area (Å²) in [6, 6.07) is 29.9. The van der Waals surface area contributed by atoms with Gasteiger partial charge in [0, 0.05) is 21.7 Å². The molecule has 0 unspecified atom stereocenters. The van der Waals surface area contributed by atoms with Crippen LogP contribution in [0.15, 0.2) is 90.8 Å². The minimum atomic E-state index is -0.260. The molecule has 38 heavy (non-hydrogen) atoms. The summed E-state index contributed by atoms with van der Waals surface area (Å²) < 4.78 is 0. The van der Waals surface area contributed by atoms with E-state index in [-0.39, 0.29) is 11.1 Å². The van der Waals surface area contributed by atoms with Crippen LogP contribution in [0.4, 0.5) is 17.1 Å². The average Bonchev–Trinajstić information content (AvgIpc) is 3.45. The standard InChI is InChI=1S/C33H24N4S/c1-21-9-12-25(13-10-21)37(26-14-11-22-7-5-6-8-23(22)15-26)27-17-29-31(36-20-27)32-30(33(29,2)3)18-28(38-32)16-24(19-34)35-4/h5-18,20H,1-3H3/b24-16-. The molecule has 5 heteroatoms. The van der Waals surface area contributed by atoms with Gasteiger partial charge >= 0.3 is 0 Å². The van der Waals surface area contributed by atoms with Gasteiger partial charge in [0.15, 0.2) is 0 Å². The van der Waals surface area contributed by atoms with Crippen LogP contribution >= 0.6 is 11.3 Å². The highest BCUT2D eigenvalue weighted by molar-refractivity contribution is 7.16. The molecule has 2 heterocycles. The first kappa shape index (κ1) is 23.7. The lowest BCUT2D eigenvalue weighted by atomic mass is 9.83. The molecule has 0 fully saturated rings. The zero-order chi connectivity index (χ0) is 26.4. The lowest BCUT2D eigenvalue weighted by Crippen LogP contribution is -2.17. The van der Waals surface area contributed by atoms with Crippen molar-refractivity contribution in [1.29, 1.82) is 5.26 Å². The molecule has 2 aromatic heterocycles. The number of nitrogens with zero attached hydrogens (tertiary/aromatic N) is 4. The second-order valence-corrected chi connectivity index (χ2v) is 11.1. The molecular formula is C33H24N4S. The lowest BCUT2D eigenvalue weighted by molar-refractivity contribution is 0.660. The molecule has 0 saturated carbocycles. The second-order valence-electron chi connectivity index (χ2n) is 10.1. The fourth-order valence-electron chi connectivity index (χ4n) is 5.18. The minimum absolute atomic E-state index is 0.0929. The third-order valence-electron chi connectivity index (χ3n) is 7.24. The predicted octanol–water partition coefficient (Wildman–Crippen LogP) is 9.16. The maximum atomic E-state index is 9.19. The molecule has 182 valence electrons. The fourth-order valence-corrected chi connectivity index (χ4v) is 6.45. The molecule has 1 aliphatic carbocycles. The summed E-state index contributed by atoms with van der Waals surface area (Å²) in [5.41, 5.74) is 7.54. The van der Waals surface area contributed by atoms with E-state index >= 15 is 0 Å². The quantitative estimate of drug-likeness (QED) is 0.180. The zero-order valence-corrected chi connectivity index (χ0v) is 22.2. The first-order chi connectivity index (χ1) is 18.4. The van der Waals surface area contributed by atoms with E-state index in [4.69, 9.17) is 11.6 Å². The Bertz CT molecular complexity index is 1810. The van der Waals surface area contributed by atoms with Crippen LogP contribution in [0.25, 0.3) is 32.3 Å². The molecule has 0 radical (unpaired) electrons. The molecule has 4 nitrogen and oxygen atoms in total. The largest absolute Gasteiger partial charge is 0.309 e. The van der Waals surface area contributed by atoms with Crippen molar-refractivity contribution < 1.29 is 0 Å². The fraction of sp³-hybridized carbons (Fsp3) is 0.121. The molecule has 6 rings (SSSR count). The molecule has 3 aromatic carbocycles. The van der Waals surface area contributed by atoms with Crippen LogP contribution in [0.2, 0.25) is 0 Å². The van der Waals surface area contributed by atoms with Crippen LogP contribution in [0.1, 0.15) is 35.4 Å². The van der Waals surface area contributed by atoms with Crippen molar-refractivity contribution >= 4 is 45.2 Å². The Balaban J connectivity index is 1.49. The number of hydrogen-bond acceptors (Lipinski definition) is 4. The SMILES string of the molecule is [C-]#[N+]/C(C#N)=C\c1cc2c(s1)-c1ncc(N(c3ccc(C)cc3)c3ccc4ccccc4c3)cc1C2(C)C. The average molecular weight is 509 g/mol. The van der Waals surface area contributed by atoms with Crippen molar-refractivity contribution in [3.05, 3.63) is 124 Å². The van der Waals surface area contributed by atoms with Gasteiger partial charge in [-0.3, -0.25) is 4.98 Å². The van der Waals surface area contributed by atoms with Crippen LogP contribution in [0.5, 0.6) is 0 Å². The predicted molar refractivity (Wildman–Crippen MR) is 157 cm³/mol. The van der Waals surface area contributed by atoms with E-state index in [0.29, 0.717) is 0 Å². The van der Waals surface area contributed by atoms with Crippen molar-refractivity contribution in [2.24, 2.45) is 0 Å². The van der Waals surface area contributed by atoms with E-state index in [1.807, 2.05) is 12.3 Å². The number of aryl methyl sites for hydroxylation is 1. The summed E-state index contributed by atoms with van der Waals surface area (Å²) in [5.74, 6) is 0. The maximum absolute atomic E-state index is 9.19. The first-order valence-corrected chi connectivity index (χ1v) is 13.2. The summed E-state index contributed by atoms with van der Waals surface area (Å²) >= 11 is 1.59. The molecule has 0 bridgehead atoms. The topological polar surface area (TPSA) is 44.3 Å². The molecule has 5 aromatic rings. The molecular weight excluding hydrogens is 484 g/mol. The van der Waals surface area contributed by atoms with E-state index in [2.05, 4.69) is 109 Å². The number of anilines is 3. The molecule has 0 atom stereocenters. The van der Waals surface area contributed by atoms with Crippen LogP contribution < -0.4 is 4.90 Å². The smallest absolute Gasteiger partial charge is 0.263 e. The lowest BCUT2D eigenvalue weighted by Gasteiger charge is -2.28. The van der Waals surface area contributed by atoms with E-state index in [9.17, 15) is 5.26 Å². The van der Waals surface area contributed by atoms with E-state index in [1.165, 1.54) is 27.5 Å². The number of aromatic nitrogens is 1. The van der Waals surface area contributed by atoms with E-state index in [1.54, 1.807) is 17.4 Å². The monoisotopic (exact) mass is 508 g/mol. The Morgan fingerprint density at radius 3 is 2.42 bits per heavy atom. The molecule has 0 N–H and O–H groups in total. The summed E-state index contributed by atoms with van der Waals surface area (Å²) in [6.07, 6.45) is 3.62. The van der Waals surface area contributed by atoms with Gasteiger partial charge in [0.1, 0.15) is 0 Å². The Morgan fingerprint density at radius 2 is 1.68 bits per heavy atom. The van der Waals surface area contributed by atoms with Crippen molar-refractivity contribution in [3.8, 4) is 16.6 Å². The van der Waals surface area contributed by atoms with Crippen molar-refractivity contribution in [2.45, 2.75) is 26.2 Å². The molecule has 0 saturated heterocycles. The molecule has 0 amide bonds. The minimum Gasteiger partial charge on any atom is -0.309 e. The van der Waals surface area contributed by atoms with E-state index in [0.717, 1.165) is 32.5 Å². The number of fused-ring (bicyclic) bond motifs is 4. The van der Waals surface area contributed by atoms with Crippen LogP contribution in [-0.4, -0.2) is 4.98 Å². The van der Waals surface area contributed by atoms with Gasteiger partial charge in [-0.15, -0.1) is 11.3 Å². The number of thiophene rings is 1. The number of benzene rings is 3. The number of nitriles is 1. The van der Waals surface area contributed by atoms with Crippen LogP contribution in [0, 0.1) is 24.8 Å². The summed E-state index contributed by atoms with van der Waals surface area (Å²) in [7, 11) is 0. The zero-order valence-electron chi connectivity index (χ0n) is 21.4. The normalized spacial score (nSPS) is 13.4. The number of pyridine rings is 1. The van der Waals surface area contributed by atoms with Gasteiger partial charge in [-0.2, -0.15) is 0 Å². The summed E-state index contributed by atoms with van der Waals surface area (Å²) in [4.78, 5) is 12.6. The van der Waals surface area contributed by atoms with Gasteiger partial charge < -0.3 is 4.90 Å². The van der Waals surface area contributed by atoms with Gasteiger partial charge in [-0.05, 0) is 71.3 Å². The third-order valence-corrected chi connectivity index (χ3v) is 8.33. The first-order valence-electron chi connectivity index (χ1n) is 12.4. The third kappa shape index (κ3) is 3.86. The van der Waals surface area contributed by atoms with Gasteiger partial charge in [-0.1, -0.05) is 61.9 Å². The van der Waals surface area contributed by atoms with Gasteiger partial charge in [0.2, 0.25) is 0 Å². The number of rotatable bonds is 4. The highest BCUT2D eigenvalue weighted by Gasteiger charge is 2.39.